The first kappa shape index (κ1) is 22.8. The number of aromatic nitrogens is 1. The van der Waals surface area contributed by atoms with E-state index in [1.807, 2.05) is 23.6 Å². The molecule has 4 nitrogen and oxygen atoms in total. The number of likely N-dealkylation sites (tertiary alicyclic amines) is 1. The number of aryl methyl sites for hydroxylation is 1. The molecule has 0 radical (unpaired) electrons. The predicted octanol–water partition coefficient (Wildman–Crippen LogP) is 6.53. The first-order chi connectivity index (χ1) is 16.3. The van der Waals surface area contributed by atoms with Crippen molar-refractivity contribution in [1.29, 1.82) is 0 Å². The molecular formula is C28H34ClN3OS. The maximum absolute atomic E-state index is 6.63. The minimum Gasteiger partial charge on any atom is -0.488 e. The van der Waals surface area contributed by atoms with Gasteiger partial charge in [-0.25, -0.2) is 0 Å². The number of benzene rings is 1. The van der Waals surface area contributed by atoms with Gasteiger partial charge in [-0.1, -0.05) is 25.4 Å². The molecule has 2 saturated heterocycles. The summed E-state index contributed by atoms with van der Waals surface area (Å²) in [5, 5.41) is 4.30. The second kappa shape index (κ2) is 8.48. The Morgan fingerprint density at radius 2 is 1.97 bits per heavy atom. The molecule has 2 unspecified atom stereocenters. The van der Waals surface area contributed by atoms with Gasteiger partial charge < -0.3 is 10.1 Å². The zero-order valence-corrected chi connectivity index (χ0v) is 22.1. The van der Waals surface area contributed by atoms with Gasteiger partial charge in [-0.2, -0.15) is 0 Å². The summed E-state index contributed by atoms with van der Waals surface area (Å²) in [4.78, 5) is 8.73. The Labute approximate surface area is 211 Å². The van der Waals surface area contributed by atoms with Crippen LogP contribution in [-0.2, 0) is 6.54 Å². The van der Waals surface area contributed by atoms with Gasteiger partial charge in [0.15, 0.2) is 0 Å². The summed E-state index contributed by atoms with van der Waals surface area (Å²) < 4.78 is 7.86. The fourth-order valence-corrected chi connectivity index (χ4v) is 7.62. The summed E-state index contributed by atoms with van der Waals surface area (Å²) in [6, 6.07) is 9.03. The molecule has 6 heteroatoms. The number of pyridine rings is 1. The summed E-state index contributed by atoms with van der Waals surface area (Å²) in [6.45, 7) is 13.5. The van der Waals surface area contributed by atoms with Crippen LogP contribution in [0.4, 0.5) is 0 Å². The van der Waals surface area contributed by atoms with Gasteiger partial charge in [0, 0.05) is 59.4 Å². The van der Waals surface area contributed by atoms with Crippen LogP contribution in [0.5, 0.6) is 5.75 Å². The second-order valence-corrected chi connectivity index (χ2v) is 12.8. The number of ether oxygens (including phenoxy) is 1. The molecule has 3 aliphatic rings. The van der Waals surface area contributed by atoms with Crippen LogP contribution >= 0.6 is 22.9 Å². The summed E-state index contributed by atoms with van der Waals surface area (Å²) in [5.41, 5.74) is 4.96. The van der Waals surface area contributed by atoms with Crippen molar-refractivity contribution in [1.82, 2.24) is 15.2 Å². The molecule has 3 fully saturated rings. The highest BCUT2D eigenvalue weighted by Gasteiger charge is 2.61. The molecule has 0 bridgehead atoms. The van der Waals surface area contributed by atoms with E-state index in [9.17, 15) is 0 Å². The van der Waals surface area contributed by atoms with Crippen LogP contribution < -0.4 is 10.1 Å². The lowest BCUT2D eigenvalue weighted by Gasteiger charge is -2.29. The second-order valence-electron chi connectivity index (χ2n) is 11.2. The Morgan fingerprint density at radius 1 is 1.18 bits per heavy atom. The highest BCUT2D eigenvalue weighted by atomic mass is 35.5. The van der Waals surface area contributed by atoms with Crippen molar-refractivity contribution < 1.29 is 4.74 Å². The lowest BCUT2D eigenvalue weighted by Crippen LogP contribution is -2.42. The molecule has 2 aromatic heterocycles. The number of thiophene rings is 1. The minimum atomic E-state index is 0.178. The standard InChI is InChI=1S/C28H34ClN3OS/c1-16-9-18(29)10-22(26(16)33-19-6-5-17(2)31-12-19)21-7-8-30-25-11-20(34-27(21)25)13-32-14-23-24(15-32)28(23,3)4/h7-11,17,19,23-24,31H,5-6,12-15H2,1-4H3/t17-,19-,23?,24?/m0/s1. The molecule has 1 aliphatic carbocycles. The summed E-state index contributed by atoms with van der Waals surface area (Å²) in [5.74, 6) is 2.71. The molecule has 4 atom stereocenters. The van der Waals surface area contributed by atoms with Gasteiger partial charge in [-0.15, -0.1) is 11.3 Å². The van der Waals surface area contributed by atoms with E-state index in [0.717, 1.165) is 65.2 Å². The summed E-state index contributed by atoms with van der Waals surface area (Å²) in [7, 11) is 0. The van der Waals surface area contributed by atoms with Crippen molar-refractivity contribution in [2.75, 3.05) is 19.6 Å². The Kier molecular flexibility index (Phi) is 5.68. The van der Waals surface area contributed by atoms with Crippen molar-refractivity contribution in [3.63, 3.8) is 0 Å². The van der Waals surface area contributed by atoms with Gasteiger partial charge in [0.25, 0.3) is 0 Å². The first-order valence-corrected chi connectivity index (χ1v) is 13.8. The van der Waals surface area contributed by atoms with E-state index >= 15 is 0 Å². The van der Waals surface area contributed by atoms with E-state index in [-0.39, 0.29) is 6.10 Å². The van der Waals surface area contributed by atoms with Crippen LogP contribution in [-0.4, -0.2) is 41.7 Å². The summed E-state index contributed by atoms with van der Waals surface area (Å²) >= 11 is 8.43. The fourth-order valence-electron chi connectivity index (χ4n) is 6.17. The maximum Gasteiger partial charge on any atom is 0.130 e. The van der Waals surface area contributed by atoms with Gasteiger partial charge >= 0.3 is 0 Å². The van der Waals surface area contributed by atoms with Crippen molar-refractivity contribution >= 4 is 33.2 Å². The highest BCUT2D eigenvalue weighted by molar-refractivity contribution is 7.19. The number of hydrogen-bond donors (Lipinski definition) is 1. The first-order valence-electron chi connectivity index (χ1n) is 12.6. The average molecular weight is 496 g/mol. The Morgan fingerprint density at radius 3 is 2.71 bits per heavy atom. The van der Waals surface area contributed by atoms with Crippen LogP contribution in [0.15, 0.2) is 30.5 Å². The maximum atomic E-state index is 6.63. The van der Waals surface area contributed by atoms with Crippen LogP contribution in [0.3, 0.4) is 0 Å². The number of rotatable bonds is 5. The molecule has 6 rings (SSSR count). The van der Waals surface area contributed by atoms with Crippen LogP contribution in [0.25, 0.3) is 21.3 Å². The molecule has 34 heavy (non-hydrogen) atoms. The van der Waals surface area contributed by atoms with Crippen molar-refractivity contribution in [3.05, 3.63) is 45.9 Å². The van der Waals surface area contributed by atoms with E-state index in [2.05, 4.69) is 56.1 Å². The monoisotopic (exact) mass is 495 g/mol. The minimum absolute atomic E-state index is 0.178. The predicted molar refractivity (Wildman–Crippen MR) is 142 cm³/mol. The van der Waals surface area contributed by atoms with Gasteiger partial charge in [-0.05, 0) is 73.8 Å². The molecule has 3 aromatic rings. The normalized spacial score (nSPS) is 28.3. The van der Waals surface area contributed by atoms with Crippen molar-refractivity contribution in [2.24, 2.45) is 17.3 Å². The van der Waals surface area contributed by atoms with Crippen molar-refractivity contribution in [3.8, 4) is 16.9 Å². The quantitative estimate of drug-likeness (QED) is 0.436. The molecule has 1 N–H and O–H groups in total. The fraction of sp³-hybridized carbons (Fsp3) is 0.536. The molecule has 180 valence electrons. The smallest absolute Gasteiger partial charge is 0.130 e. The number of nitrogens with one attached hydrogen (secondary N) is 1. The Bertz CT molecular complexity index is 1220. The largest absolute Gasteiger partial charge is 0.488 e. The van der Waals surface area contributed by atoms with Crippen LogP contribution in [0.2, 0.25) is 5.02 Å². The lowest BCUT2D eigenvalue weighted by atomic mass is 10.0. The Hall–Kier alpha value is -1.66. The molecule has 1 saturated carbocycles. The summed E-state index contributed by atoms with van der Waals surface area (Å²) in [6.07, 6.45) is 4.30. The average Bonchev–Trinajstić information content (AvgIpc) is 3.18. The van der Waals surface area contributed by atoms with Crippen LogP contribution in [0, 0.1) is 24.2 Å². The molecule has 0 amide bonds. The number of hydrogen-bond acceptors (Lipinski definition) is 5. The lowest BCUT2D eigenvalue weighted by molar-refractivity contribution is 0.152. The third-order valence-electron chi connectivity index (χ3n) is 8.47. The SMILES string of the molecule is Cc1cc(Cl)cc(-c2ccnc3cc(CN4CC5C(C4)C5(C)C)sc23)c1O[C@H]1CC[C@H](C)NC1. The molecular weight excluding hydrogens is 462 g/mol. The molecule has 0 spiro atoms. The van der Waals surface area contributed by atoms with E-state index in [1.54, 1.807) is 0 Å². The molecule has 1 aromatic carbocycles. The topological polar surface area (TPSA) is 37.4 Å². The number of halogens is 1. The third kappa shape index (κ3) is 4.05. The third-order valence-corrected chi connectivity index (χ3v) is 9.83. The van der Waals surface area contributed by atoms with Gasteiger partial charge in [0.2, 0.25) is 0 Å². The van der Waals surface area contributed by atoms with E-state index in [0.29, 0.717) is 11.5 Å². The molecule has 2 aliphatic heterocycles. The zero-order valence-electron chi connectivity index (χ0n) is 20.5. The van der Waals surface area contributed by atoms with Gasteiger partial charge in [0.1, 0.15) is 11.9 Å². The van der Waals surface area contributed by atoms with Gasteiger partial charge in [0.05, 0.1) is 10.2 Å². The van der Waals surface area contributed by atoms with E-state index in [1.165, 1.54) is 28.2 Å². The zero-order chi connectivity index (χ0) is 23.6. The van der Waals surface area contributed by atoms with E-state index < -0.39 is 0 Å². The van der Waals surface area contributed by atoms with Gasteiger partial charge in [-0.3, -0.25) is 9.88 Å². The number of fused-ring (bicyclic) bond motifs is 2. The Balaban J connectivity index is 1.31. The molecule has 4 heterocycles. The van der Waals surface area contributed by atoms with Crippen molar-refractivity contribution in [2.45, 2.75) is 59.2 Å². The number of piperidine rings is 2. The van der Waals surface area contributed by atoms with E-state index in [4.69, 9.17) is 21.3 Å². The van der Waals surface area contributed by atoms with Crippen LogP contribution in [0.1, 0.15) is 44.1 Å². The number of nitrogens with zero attached hydrogens (tertiary/aromatic N) is 2. The highest BCUT2D eigenvalue weighted by Crippen LogP contribution is 2.62.